The Kier molecular flexibility index (Phi) is 4.39. The predicted molar refractivity (Wildman–Crippen MR) is 75.5 cm³/mol. The molecule has 2 N–H and O–H groups in total. The summed E-state index contributed by atoms with van der Waals surface area (Å²) in [4.78, 5) is 10.7. The third-order valence-electron chi connectivity index (χ3n) is 2.96. The highest BCUT2D eigenvalue weighted by atomic mass is 32.2. The van der Waals surface area contributed by atoms with Gasteiger partial charge >= 0.3 is 5.97 Å². The molecule has 0 atom stereocenters. The second-order valence-electron chi connectivity index (χ2n) is 4.44. The van der Waals surface area contributed by atoms with Gasteiger partial charge in [-0.15, -0.1) is 0 Å². The van der Waals surface area contributed by atoms with Crippen molar-refractivity contribution >= 4 is 16.0 Å². The van der Waals surface area contributed by atoms with Crippen LogP contribution in [0, 0.1) is 0 Å². The van der Waals surface area contributed by atoms with Crippen LogP contribution in [0.3, 0.4) is 0 Å². The molecule has 112 valence electrons. The van der Waals surface area contributed by atoms with Gasteiger partial charge in [-0.25, -0.2) is 17.9 Å². The fraction of sp³-hybridized carbons (Fsp3) is 0.231. The van der Waals surface area contributed by atoms with Gasteiger partial charge < -0.3 is 5.11 Å². The van der Waals surface area contributed by atoms with E-state index in [0.717, 1.165) is 5.56 Å². The molecule has 0 saturated heterocycles. The number of aromatic nitrogens is 2. The Morgan fingerprint density at radius 3 is 2.48 bits per heavy atom. The summed E-state index contributed by atoms with van der Waals surface area (Å²) in [6, 6.07) is 7.74. The van der Waals surface area contributed by atoms with E-state index in [4.69, 9.17) is 5.11 Å². The zero-order chi connectivity index (χ0) is 15.5. The number of hydrogen-bond donors (Lipinski definition) is 2. The molecule has 0 spiro atoms. The molecule has 0 amide bonds. The van der Waals surface area contributed by atoms with E-state index in [-0.39, 0.29) is 17.1 Å². The van der Waals surface area contributed by atoms with E-state index in [2.05, 4.69) is 9.82 Å². The summed E-state index contributed by atoms with van der Waals surface area (Å²) in [5, 5.41) is 12.7. The highest BCUT2D eigenvalue weighted by molar-refractivity contribution is 7.89. The van der Waals surface area contributed by atoms with E-state index >= 15 is 0 Å². The average Bonchev–Trinajstić information content (AvgIpc) is 2.86. The maximum Gasteiger partial charge on any atom is 0.335 e. The Morgan fingerprint density at radius 1 is 1.29 bits per heavy atom. The lowest BCUT2D eigenvalue weighted by Crippen LogP contribution is -2.27. The first-order chi connectivity index (χ1) is 9.90. The average molecular weight is 309 g/mol. The van der Waals surface area contributed by atoms with Crippen LogP contribution >= 0.6 is 0 Å². The summed E-state index contributed by atoms with van der Waals surface area (Å²) >= 11 is 0. The van der Waals surface area contributed by atoms with Crippen molar-refractivity contribution in [2.75, 3.05) is 6.54 Å². The number of nitrogens with zero attached hydrogens (tertiary/aromatic N) is 2. The minimum atomic E-state index is -3.58. The molecule has 0 aliphatic rings. The minimum absolute atomic E-state index is 0.101. The Morgan fingerprint density at radius 2 is 1.95 bits per heavy atom. The molecule has 0 fully saturated rings. The third-order valence-corrected chi connectivity index (χ3v) is 4.49. The first kappa shape index (κ1) is 15.2. The molecule has 2 aromatic rings. The largest absolute Gasteiger partial charge is 0.478 e. The Bertz CT molecular complexity index is 735. The third kappa shape index (κ3) is 3.67. The number of rotatable bonds is 6. The van der Waals surface area contributed by atoms with Crippen LogP contribution < -0.4 is 4.72 Å². The van der Waals surface area contributed by atoms with Gasteiger partial charge in [-0.3, -0.25) is 4.68 Å². The summed E-state index contributed by atoms with van der Waals surface area (Å²) in [6.45, 7) is 0.222. The molecule has 0 saturated carbocycles. The number of nitrogens with one attached hydrogen (secondary N) is 1. The molecule has 0 unspecified atom stereocenters. The molecule has 1 aromatic heterocycles. The van der Waals surface area contributed by atoms with Gasteiger partial charge in [0.1, 0.15) is 0 Å². The van der Waals surface area contributed by atoms with E-state index in [1.807, 2.05) is 0 Å². The van der Waals surface area contributed by atoms with E-state index in [9.17, 15) is 13.2 Å². The fourth-order valence-electron chi connectivity index (χ4n) is 1.84. The number of benzene rings is 1. The predicted octanol–water partition coefficient (Wildman–Crippen LogP) is 0.639. The Balaban J connectivity index is 1.95. The van der Waals surface area contributed by atoms with Crippen LogP contribution in [0.15, 0.2) is 41.6 Å². The standard InChI is InChI=1S/C13H15N3O4S/c1-16-12(7-8-14-16)21(19,20)15-9-6-10-2-4-11(5-3-10)13(17)18/h2-5,7-8,15H,6,9H2,1H3,(H,17,18). The number of carboxylic acid groups (broad SMARTS) is 1. The summed E-state index contributed by atoms with van der Waals surface area (Å²) < 4.78 is 27.8. The van der Waals surface area contributed by atoms with Crippen molar-refractivity contribution in [2.45, 2.75) is 11.4 Å². The van der Waals surface area contributed by atoms with Gasteiger partial charge in [-0.2, -0.15) is 5.10 Å². The zero-order valence-electron chi connectivity index (χ0n) is 11.4. The van der Waals surface area contributed by atoms with Crippen molar-refractivity contribution in [2.24, 2.45) is 7.05 Å². The van der Waals surface area contributed by atoms with Gasteiger partial charge in [-0.05, 0) is 30.2 Å². The molecule has 0 radical (unpaired) electrons. The van der Waals surface area contributed by atoms with Crippen LogP contribution in [-0.2, 0) is 23.5 Å². The lowest BCUT2D eigenvalue weighted by atomic mass is 10.1. The number of sulfonamides is 1. The lowest BCUT2D eigenvalue weighted by molar-refractivity contribution is 0.0697. The van der Waals surface area contributed by atoms with Crippen molar-refractivity contribution in [1.82, 2.24) is 14.5 Å². The summed E-state index contributed by atoms with van der Waals surface area (Å²) in [5.41, 5.74) is 1.06. The number of carbonyl (C=O) groups is 1. The molecule has 7 nitrogen and oxygen atoms in total. The fourth-order valence-corrected chi connectivity index (χ4v) is 3.00. The molecule has 1 aromatic carbocycles. The molecule has 0 bridgehead atoms. The molecule has 8 heteroatoms. The molecule has 1 heterocycles. The first-order valence-electron chi connectivity index (χ1n) is 6.20. The minimum Gasteiger partial charge on any atom is -0.478 e. The van der Waals surface area contributed by atoms with Crippen LogP contribution in [0.2, 0.25) is 0 Å². The Labute approximate surface area is 122 Å². The number of hydrogen-bond acceptors (Lipinski definition) is 4. The first-order valence-corrected chi connectivity index (χ1v) is 7.68. The van der Waals surface area contributed by atoms with Crippen LogP contribution in [0.4, 0.5) is 0 Å². The van der Waals surface area contributed by atoms with Crippen molar-refractivity contribution in [3.8, 4) is 0 Å². The van der Waals surface area contributed by atoms with Crippen molar-refractivity contribution in [3.05, 3.63) is 47.7 Å². The van der Waals surface area contributed by atoms with Crippen molar-refractivity contribution < 1.29 is 18.3 Å². The van der Waals surface area contributed by atoms with Crippen LogP contribution in [-0.4, -0.2) is 35.8 Å². The highest BCUT2D eigenvalue weighted by Gasteiger charge is 2.16. The van der Waals surface area contributed by atoms with E-state index < -0.39 is 16.0 Å². The monoisotopic (exact) mass is 309 g/mol. The molecule has 0 aliphatic heterocycles. The van der Waals surface area contributed by atoms with Crippen LogP contribution in [0.1, 0.15) is 15.9 Å². The van der Waals surface area contributed by atoms with Gasteiger partial charge in [0.25, 0.3) is 10.0 Å². The van der Waals surface area contributed by atoms with E-state index in [1.54, 1.807) is 19.2 Å². The van der Waals surface area contributed by atoms with Crippen LogP contribution in [0.5, 0.6) is 0 Å². The number of aromatic carboxylic acids is 1. The lowest BCUT2D eigenvalue weighted by Gasteiger charge is -2.07. The van der Waals surface area contributed by atoms with Gasteiger partial charge in [0.2, 0.25) is 0 Å². The van der Waals surface area contributed by atoms with Gasteiger partial charge in [0.15, 0.2) is 5.03 Å². The van der Waals surface area contributed by atoms with Gasteiger partial charge in [0, 0.05) is 13.6 Å². The molecule has 21 heavy (non-hydrogen) atoms. The normalized spacial score (nSPS) is 11.5. The molecular weight excluding hydrogens is 294 g/mol. The topological polar surface area (TPSA) is 101 Å². The molecular formula is C13H15N3O4S. The van der Waals surface area contributed by atoms with Gasteiger partial charge in [-0.1, -0.05) is 12.1 Å². The van der Waals surface area contributed by atoms with Gasteiger partial charge in [0.05, 0.1) is 11.8 Å². The van der Waals surface area contributed by atoms with E-state index in [0.29, 0.717) is 6.42 Å². The quantitative estimate of drug-likeness (QED) is 0.815. The second kappa shape index (κ2) is 6.06. The number of aryl methyl sites for hydroxylation is 1. The zero-order valence-corrected chi connectivity index (χ0v) is 12.2. The van der Waals surface area contributed by atoms with Crippen molar-refractivity contribution in [3.63, 3.8) is 0 Å². The summed E-state index contributed by atoms with van der Waals surface area (Å²) in [6.07, 6.45) is 1.89. The SMILES string of the molecule is Cn1nccc1S(=O)(=O)NCCc1ccc(C(=O)O)cc1. The summed E-state index contributed by atoms with van der Waals surface area (Å²) in [7, 11) is -2.03. The van der Waals surface area contributed by atoms with E-state index in [1.165, 1.54) is 29.1 Å². The highest BCUT2D eigenvalue weighted by Crippen LogP contribution is 2.07. The maximum atomic E-state index is 12.0. The maximum absolute atomic E-state index is 12.0. The smallest absolute Gasteiger partial charge is 0.335 e. The summed E-state index contributed by atoms with van der Waals surface area (Å²) in [5.74, 6) is -0.988. The second-order valence-corrected chi connectivity index (χ2v) is 6.16. The Hall–Kier alpha value is -2.19. The molecule has 2 rings (SSSR count). The number of carboxylic acids is 1. The van der Waals surface area contributed by atoms with Crippen LogP contribution in [0.25, 0.3) is 0 Å². The van der Waals surface area contributed by atoms with Crippen molar-refractivity contribution in [1.29, 1.82) is 0 Å². The molecule has 0 aliphatic carbocycles.